The Morgan fingerprint density at radius 1 is 1.35 bits per heavy atom. The molecule has 1 aliphatic rings. The fraction of sp³-hybridized carbons (Fsp3) is 0.182. The number of nitrogens with one attached hydrogen (secondary N) is 1. The number of hydrogen-bond acceptors (Lipinski definition) is 3. The van der Waals surface area contributed by atoms with E-state index in [-0.39, 0.29) is 11.7 Å². The maximum absolute atomic E-state index is 9.55. The number of nitrogens with zero attached hydrogens (tertiary/aromatic N) is 2. The summed E-state index contributed by atoms with van der Waals surface area (Å²) in [5.74, 6) is 0.135. The van der Waals surface area contributed by atoms with Crippen LogP contribution < -0.4 is 0 Å². The topological polar surface area (TPSA) is 72.7 Å². The monoisotopic (exact) mass is 341 g/mol. The Balaban J connectivity index is 1.96. The first-order chi connectivity index (χ1) is 12.7. The van der Waals surface area contributed by atoms with Crippen LogP contribution in [0.3, 0.4) is 0 Å². The standard InChI is InChI=1S/C22H19N3O/c1-2-15(26)4-3-5-20-18-12-14(13-23)6-7-16(18)22-17-10-11-24-19(17)8-9-21(22)25-20/h2-5,8-11,14,24,26H,1,6-7,12H2/b5-3+,15-4+. The van der Waals surface area contributed by atoms with Crippen LogP contribution in [0.15, 0.2) is 55.0 Å². The van der Waals surface area contributed by atoms with E-state index in [0.717, 1.165) is 35.1 Å². The van der Waals surface area contributed by atoms with Crippen LogP contribution >= 0.6 is 0 Å². The van der Waals surface area contributed by atoms with Crippen LogP contribution in [0.4, 0.5) is 0 Å². The molecule has 0 aliphatic heterocycles. The highest BCUT2D eigenvalue weighted by atomic mass is 16.3. The molecule has 1 atom stereocenters. The van der Waals surface area contributed by atoms with Gasteiger partial charge in [-0.2, -0.15) is 5.26 Å². The van der Waals surface area contributed by atoms with Crippen molar-refractivity contribution in [3.63, 3.8) is 0 Å². The third-order valence-corrected chi connectivity index (χ3v) is 5.03. The summed E-state index contributed by atoms with van der Waals surface area (Å²) in [5, 5.41) is 21.3. The summed E-state index contributed by atoms with van der Waals surface area (Å²) < 4.78 is 0. The minimum absolute atomic E-state index is 0.0245. The Morgan fingerprint density at radius 3 is 3.04 bits per heavy atom. The fourth-order valence-corrected chi connectivity index (χ4v) is 3.76. The number of aliphatic hydroxyl groups excluding tert-OH is 1. The van der Waals surface area contributed by atoms with Gasteiger partial charge in [-0.1, -0.05) is 12.7 Å². The first kappa shape index (κ1) is 16.2. The van der Waals surface area contributed by atoms with E-state index in [9.17, 15) is 10.4 Å². The zero-order chi connectivity index (χ0) is 18.1. The van der Waals surface area contributed by atoms with Crippen molar-refractivity contribution < 1.29 is 5.11 Å². The maximum atomic E-state index is 9.55. The summed E-state index contributed by atoms with van der Waals surface area (Å²) >= 11 is 0. The molecule has 128 valence electrons. The van der Waals surface area contributed by atoms with E-state index in [1.165, 1.54) is 22.4 Å². The Bertz CT molecular complexity index is 1110. The molecule has 4 nitrogen and oxygen atoms in total. The number of aromatic nitrogens is 2. The largest absolute Gasteiger partial charge is 0.508 e. The first-order valence-corrected chi connectivity index (χ1v) is 8.72. The summed E-state index contributed by atoms with van der Waals surface area (Å²) in [7, 11) is 0. The molecule has 4 heteroatoms. The number of aliphatic hydroxyl groups is 1. The summed E-state index contributed by atoms with van der Waals surface area (Å²) in [5.41, 5.74) is 5.37. The van der Waals surface area contributed by atoms with Crippen molar-refractivity contribution in [1.82, 2.24) is 9.97 Å². The lowest BCUT2D eigenvalue weighted by Crippen LogP contribution is -2.15. The van der Waals surface area contributed by atoms with Crippen LogP contribution in [-0.4, -0.2) is 15.1 Å². The van der Waals surface area contributed by atoms with Crippen molar-refractivity contribution in [2.24, 2.45) is 5.92 Å². The van der Waals surface area contributed by atoms with Gasteiger partial charge < -0.3 is 10.1 Å². The van der Waals surface area contributed by atoms with Crippen molar-refractivity contribution >= 4 is 27.9 Å². The first-order valence-electron chi connectivity index (χ1n) is 8.72. The van der Waals surface area contributed by atoms with E-state index in [1.807, 2.05) is 18.3 Å². The van der Waals surface area contributed by atoms with Gasteiger partial charge in [0.25, 0.3) is 0 Å². The van der Waals surface area contributed by atoms with Gasteiger partial charge in [-0.15, -0.1) is 0 Å². The number of H-pyrrole nitrogens is 1. The van der Waals surface area contributed by atoms with E-state index in [1.54, 1.807) is 12.2 Å². The number of nitriles is 1. The molecule has 3 aromatic rings. The smallest absolute Gasteiger partial charge is 0.114 e. The number of benzene rings is 1. The molecule has 0 amide bonds. The fourth-order valence-electron chi connectivity index (χ4n) is 3.76. The Labute approximate surface area is 151 Å². The number of allylic oxidation sites excluding steroid dienone is 3. The molecule has 2 heterocycles. The molecule has 4 rings (SSSR count). The van der Waals surface area contributed by atoms with E-state index in [2.05, 4.69) is 29.8 Å². The number of aromatic amines is 1. The predicted molar refractivity (Wildman–Crippen MR) is 105 cm³/mol. The number of pyridine rings is 1. The average Bonchev–Trinajstić information content (AvgIpc) is 3.15. The Morgan fingerprint density at radius 2 is 2.23 bits per heavy atom. The van der Waals surface area contributed by atoms with Crippen LogP contribution in [0, 0.1) is 17.2 Å². The molecule has 0 radical (unpaired) electrons. The lowest BCUT2D eigenvalue weighted by Gasteiger charge is -2.23. The SMILES string of the molecule is C=C/C(O)=C\C=C\c1nc2ccc3[nH]ccc3c2c2c1CC(C#N)CC2. The molecule has 26 heavy (non-hydrogen) atoms. The van der Waals surface area contributed by atoms with Gasteiger partial charge in [0.1, 0.15) is 5.76 Å². The van der Waals surface area contributed by atoms with Gasteiger partial charge in [-0.05, 0) is 66.8 Å². The lowest BCUT2D eigenvalue weighted by molar-refractivity contribution is 0.433. The van der Waals surface area contributed by atoms with Gasteiger partial charge in [0, 0.05) is 22.5 Å². The highest BCUT2D eigenvalue weighted by Crippen LogP contribution is 2.36. The molecular weight excluding hydrogens is 322 g/mol. The van der Waals surface area contributed by atoms with E-state index < -0.39 is 0 Å². The molecule has 0 saturated carbocycles. The third kappa shape index (κ3) is 2.68. The van der Waals surface area contributed by atoms with Gasteiger partial charge in [0.2, 0.25) is 0 Å². The number of aryl methyl sites for hydroxylation is 1. The summed E-state index contributed by atoms with van der Waals surface area (Å²) in [6.45, 7) is 3.54. The second kappa shape index (κ2) is 6.53. The van der Waals surface area contributed by atoms with Gasteiger partial charge >= 0.3 is 0 Å². The van der Waals surface area contributed by atoms with Crippen LogP contribution in [-0.2, 0) is 12.8 Å². The van der Waals surface area contributed by atoms with Crippen LogP contribution in [0.25, 0.3) is 27.9 Å². The maximum Gasteiger partial charge on any atom is 0.114 e. The minimum atomic E-state index is 0.0245. The van der Waals surface area contributed by atoms with Gasteiger partial charge in [0.05, 0.1) is 23.2 Å². The molecule has 2 aromatic heterocycles. The van der Waals surface area contributed by atoms with Crippen LogP contribution in [0.2, 0.25) is 0 Å². The summed E-state index contributed by atoms with van der Waals surface area (Å²) in [6, 6.07) is 8.60. The second-order valence-corrected chi connectivity index (χ2v) is 6.58. The number of fused-ring (bicyclic) bond motifs is 5. The highest BCUT2D eigenvalue weighted by molar-refractivity contribution is 6.07. The molecule has 0 spiro atoms. The molecule has 0 fully saturated rings. The van der Waals surface area contributed by atoms with E-state index >= 15 is 0 Å². The second-order valence-electron chi connectivity index (χ2n) is 6.58. The summed E-state index contributed by atoms with van der Waals surface area (Å²) in [4.78, 5) is 8.13. The molecule has 2 N–H and O–H groups in total. The number of hydrogen-bond donors (Lipinski definition) is 2. The van der Waals surface area contributed by atoms with Gasteiger partial charge in [-0.3, -0.25) is 0 Å². The molecule has 1 unspecified atom stereocenters. The molecule has 1 aromatic carbocycles. The van der Waals surface area contributed by atoms with Crippen LogP contribution in [0.1, 0.15) is 23.2 Å². The minimum Gasteiger partial charge on any atom is -0.508 e. The van der Waals surface area contributed by atoms with E-state index in [0.29, 0.717) is 6.42 Å². The van der Waals surface area contributed by atoms with Crippen molar-refractivity contribution in [1.29, 1.82) is 5.26 Å². The molecule has 1 aliphatic carbocycles. The van der Waals surface area contributed by atoms with Gasteiger partial charge in [-0.25, -0.2) is 4.98 Å². The number of rotatable bonds is 3. The molecule has 0 saturated heterocycles. The van der Waals surface area contributed by atoms with E-state index in [4.69, 9.17) is 4.98 Å². The quantitative estimate of drug-likeness (QED) is 0.521. The highest BCUT2D eigenvalue weighted by Gasteiger charge is 2.24. The normalized spacial score (nSPS) is 17.5. The zero-order valence-electron chi connectivity index (χ0n) is 14.4. The average molecular weight is 341 g/mol. The summed E-state index contributed by atoms with van der Waals surface area (Å²) in [6.07, 6.45) is 11.1. The van der Waals surface area contributed by atoms with Crippen LogP contribution in [0.5, 0.6) is 0 Å². The Hall–Kier alpha value is -3.32. The van der Waals surface area contributed by atoms with Crippen molar-refractivity contribution in [2.45, 2.75) is 19.3 Å². The van der Waals surface area contributed by atoms with Gasteiger partial charge in [0.15, 0.2) is 0 Å². The van der Waals surface area contributed by atoms with Crippen molar-refractivity contribution in [2.75, 3.05) is 0 Å². The Kier molecular flexibility index (Phi) is 4.06. The molecule has 0 bridgehead atoms. The van der Waals surface area contributed by atoms with Crippen molar-refractivity contribution in [3.8, 4) is 6.07 Å². The zero-order valence-corrected chi connectivity index (χ0v) is 14.4. The predicted octanol–water partition coefficient (Wildman–Crippen LogP) is 4.99. The third-order valence-electron chi connectivity index (χ3n) is 5.03. The molecular formula is C22H19N3O. The lowest BCUT2D eigenvalue weighted by atomic mass is 9.81. The van der Waals surface area contributed by atoms with Crippen molar-refractivity contribution in [3.05, 3.63) is 71.8 Å².